The zero-order valence-corrected chi connectivity index (χ0v) is 11.0. The number of nitrogens with zero attached hydrogens (tertiary/aromatic N) is 1. The first-order chi connectivity index (χ1) is 7.47. The number of anilines is 2. The van der Waals surface area contributed by atoms with Gasteiger partial charge >= 0.3 is 0 Å². The molecule has 0 aromatic heterocycles. The molecule has 0 bridgehead atoms. The number of hydrogen-bond acceptors (Lipinski definition) is 3. The molecule has 0 heterocycles. The van der Waals surface area contributed by atoms with Crippen LogP contribution < -0.4 is 10.6 Å². The highest BCUT2D eigenvalue weighted by atomic mass is 35.5. The molecule has 1 aromatic carbocycles. The molecule has 1 unspecified atom stereocenters. The molecule has 1 atom stereocenters. The average molecular weight is 243 g/mol. The van der Waals surface area contributed by atoms with Crippen molar-refractivity contribution in [2.45, 2.75) is 19.9 Å². The van der Waals surface area contributed by atoms with Crippen LogP contribution in [0, 0.1) is 6.92 Å². The number of rotatable bonds is 4. The summed E-state index contributed by atoms with van der Waals surface area (Å²) >= 11 is 6.03. The third kappa shape index (κ3) is 2.80. The number of benzene rings is 1. The van der Waals surface area contributed by atoms with Crippen LogP contribution in [0.25, 0.3) is 0 Å². The highest BCUT2D eigenvalue weighted by Gasteiger charge is 2.13. The third-order valence-electron chi connectivity index (χ3n) is 2.76. The Balaban J connectivity index is 2.99. The Morgan fingerprint density at radius 3 is 2.69 bits per heavy atom. The molecule has 90 valence electrons. The highest BCUT2D eigenvalue weighted by Crippen LogP contribution is 2.29. The molecule has 1 rings (SSSR count). The normalized spacial score (nSPS) is 12.6. The van der Waals surface area contributed by atoms with Crippen LogP contribution in [0.2, 0.25) is 5.02 Å². The molecule has 0 radical (unpaired) electrons. The van der Waals surface area contributed by atoms with Crippen molar-refractivity contribution in [3.05, 3.63) is 22.7 Å². The summed E-state index contributed by atoms with van der Waals surface area (Å²) in [5.74, 6) is 0. The Morgan fingerprint density at radius 1 is 1.50 bits per heavy atom. The van der Waals surface area contributed by atoms with Gasteiger partial charge in [-0.05, 0) is 31.5 Å². The lowest BCUT2D eigenvalue weighted by atomic mass is 10.1. The van der Waals surface area contributed by atoms with Crippen molar-refractivity contribution in [3.8, 4) is 0 Å². The second-order valence-corrected chi connectivity index (χ2v) is 4.48. The van der Waals surface area contributed by atoms with Crippen LogP contribution in [-0.2, 0) is 4.74 Å². The van der Waals surface area contributed by atoms with E-state index in [1.807, 2.05) is 26.1 Å². The molecule has 4 heteroatoms. The summed E-state index contributed by atoms with van der Waals surface area (Å²) in [5, 5.41) is 0.595. The predicted molar refractivity (Wildman–Crippen MR) is 70.3 cm³/mol. The van der Waals surface area contributed by atoms with Crippen LogP contribution in [0.5, 0.6) is 0 Å². The molecular weight excluding hydrogens is 224 g/mol. The number of hydrogen-bond donors (Lipinski definition) is 1. The monoisotopic (exact) mass is 242 g/mol. The van der Waals surface area contributed by atoms with E-state index in [1.165, 1.54) is 0 Å². The quantitative estimate of drug-likeness (QED) is 0.826. The Kier molecular flexibility index (Phi) is 4.44. The first-order valence-electron chi connectivity index (χ1n) is 5.24. The van der Waals surface area contributed by atoms with Gasteiger partial charge < -0.3 is 15.4 Å². The van der Waals surface area contributed by atoms with E-state index in [2.05, 4.69) is 11.8 Å². The molecule has 2 N–H and O–H groups in total. The molecule has 0 amide bonds. The fraction of sp³-hybridized carbons (Fsp3) is 0.500. The van der Waals surface area contributed by atoms with E-state index in [9.17, 15) is 0 Å². The summed E-state index contributed by atoms with van der Waals surface area (Å²) in [6.07, 6.45) is 0. The number of nitrogen functional groups attached to an aromatic ring is 1. The molecule has 0 saturated heterocycles. The minimum atomic E-state index is 0.295. The molecule has 3 nitrogen and oxygen atoms in total. The lowest BCUT2D eigenvalue weighted by Gasteiger charge is -2.28. The number of ether oxygens (including phenoxy) is 1. The van der Waals surface area contributed by atoms with Crippen molar-refractivity contribution in [2.75, 3.05) is 31.4 Å². The summed E-state index contributed by atoms with van der Waals surface area (Å²) in [6, 6.07) is 4.09. The maximum Gasteiger partial charge on any atom is 0.0663 e. The Hall–Kier alpha value is -0.930. The molecule has 0 aliphatic rings. The molecule has 0 aliphatic carbocycles. The fourth-order valence-electron chi connectivity index (χ4n) is 1.66. The number of aryl methyl sites for hydroxylation is 1. The van der Waals surface area contributed by atoms with Gasteiger partial charge in [-0.1, -0.05) is 11.6 Å². The van der Waals surface area contributed by atoms with Crippen molar-refractivity contribution in [1.82, 2.24) is 0 Å². The lowest BCUT2D eigenvalue weighted by molar-refractivity contribution is 0.183. The van der Waals surface area contributed by atoms with Gasteiger partial charge in [0.15, 0.2) is 0 Å². The molecule has 0 fully saturated rings. The Bertz CT molecular complexity index is 368. The van der Waals surface area contributed by atoms with Crippen molar-refractivity contribution in [3.63, 3.8) is 0 Å². The van der Waals surface area contributed by atoms with E-state index in [1.54, 1.807) is 7.11 Å². The van der Waals surface area contributed by atoms with Crippen LogP contribution in [0.3, 0.4) is 0 Å². The maximum atomic E-state index is 6.03. The van der Waals surface area contributed by atoms with Crippen LogP contribution in [0.4, 0.5) is 11.4 Å². The molecule has 16 heavy (non-hydrogen) atoms. The van der Waals surface area contributed by atoms with E-state index in [0.717, 1.165) is 11.3 Å². The Morgan fingerprint density at radius 2 is 2.12 bits per heavy atom. The summed E-state index contributed by atoms with van der Waals surface area (Å²) < 4.78 is 5.14. The van der Waals surface area contributed by atoms with Gasteiger partial charge in [-0.15, -0.1) is 0 Å². The second kappa shape index (κ2) is 5.41. The van der Waals surface area contributed by atoms with Crippen LogP contribution in [-0.4, -0.2) is 26.8 Å². The molecular formula is C12H19ClN2O. The highest BCUT2D eigenvalue weighted by molar-refractivity contribution is 6.33. The van der Waals surface area contributed by atoms with Gasteiger partial charge in [0.05, 0.1) is 17.3 Å². The summed E-state index contributed by atoms with van der Waals surface area (Å²) in [6.45, 7) is 4.81. The van der Waals surface area contributed by atoms with Crippen LogP contribution >= 0.6 is 11.6 Å². The van der Waals surface area contributed by atoms with E-state index in [-0.39, 0.29) is 0 Å². The first-order valence-corrected chi connectivity index (χ1v) is 5.62. The van der Waals surface area contributed by atoms with E-state index in [4.69, 9.17) is 22.1 Å². The number of methoxy groups -OCH3 is 1. The van der Waals surface area contributed by atoms with E-state index < -0.39 is 0 Å². The molecule has 0 spiro atoms. The standard InChI is InChI=1S/C12H19ClN2O/c1-8-5-11(14)10(13)6-12(8)15(3)9(2)7-16-4/h5-6,9H,7,14H2,1-4H3. The number of likely N-dealkylation sites (N-methyl/N-ethyl adjacent to an activating group) is 1. The van der Waals surface area contributed by atoms with Gasteiger partial charge in [-0.25, -0.2) is 0 Å². The van der Waals surface area contributed by atoms with Crippen LogP contribution in [0.15, 0.2) is 12.1 Å². The molecule has 0 saturated carbocycles. The summed E-state index contributed by atoms with van der Waals surface area (Å²) in [4.78, 5) is 2.14. The van der Waals surface area contributed by atoms with Gasteiger partial charge in [0.25, 0.3) is 0 Å². The zero-order valence-electron chi connectivity index (χ0n) is 10.2. The van der Waals surface area contributed by atoms with Gasteiger partial charge in [0, 0.05) is 25.9 Å². The van der Waals surface area contributed by atoms with E-state index in [0.29, 0.717) is 23.4 Å². The van der Waals surface area contributed by atoms with Gasteiger partial charge in [0.1, 0.15) is 0 Å². The number of nitrogens with two attached hydrogens (primary N) is 1. The predicted octanol–water partition coefficient (Wildman–Crippen LogP) is 2.70. The van der Waals surface area contributed by atoms with Crippen molar-refractivity contribution in [2.24, 2.45) is 0 Å². The molecule has 0 aliphatic heterocycles. The largest absolute Gasteiger partial charge is 0.398 e. The van der Waals surface area contributed by atoms with Gasteiger partial charge in [-0.2, -0.15) is 0 Å². The zero-order chi connectivity index (χ0) is 12.3. The van der Waals surface area contributed by atoms with Crippen molar-refractivity contribution >= 4 is 23.0 Å². The van der Waals surface area contributed by atoms with Crippen molar-refractivity contribution in [1.29, 1.82) is 0 Å². The first kappa shape index (κ1) is 13.1. The Labute approximate surface area is 102 Å². The van der Waals surface area contributed by atoms with Crippen LogP contribution in [0.1, 0.15) is 12.5 Å². The number of halogens is 1. The third-order valence-corrected chi connectivity index (χ3v) is 3.09. The fourth-order valence-corrected chi connectivity index (χ4v) is 1.82. The van der Waals surface area contributed by atoms with Gasteiger partial charge in [-0.3, -0.25) is 0 Å². The van der Waals surface area contributed by atoms with Gasteiger partial charge in [0.2, 0.25) is 0 Å². The second-order valence-electron chi connectivity index (χ2n) is 4.08. The van der Waals surface area contributed by atoms with E-state index >= 15 is 0 Å². The summed E-state index contributed by atoms with van der Waals surface area (Å²) in [5.41, 5.74) is 8.58. The smallest absolute Gasteiger partial charge is 0.0663 e. The SMILES string of the molecule is COCC(C)N(C)c1cc(Cl)c(N)cc1C. The summed E-state index contributed by atoms with van der Waals surface area (Å²) in [7, 11) is 3.73. The topological polar surface area (TPSA) is 38.5 Å². The maximum absolute atomic E-state index is 6.03. The molecule has 1 aromatic rings. The lowest BCUT2D eigenvalue weighted by Crippen LogP contribution is -2.33. The minimum absolute atomic E-state index is 0.295. The van der Waals surface area contributed by atoms with Crippen molar-refractivity contribution < 1.29 is 4.74 Å². The average Bonchev–Trinajstić information content (AvgIpc) is 2.23. The minimum Gasteiger partial charge on any atom is -0.398 e.